The van der Waals surface area contributed by atoms with Gasteiger partial charge in [-0.3, -0.25) is 0 Å². The molecule has 3 heteroatoms. The Morgan fingerprint density at radius 1 is 1.15 bits per heavy atom. The lowest BCUT2D eigenvalue weighted by Crippen LogP contribution is -2.39. The zero-order valence-corrected chi connectivity index (χ0v) is 12.8. The van der Waals surface area contributed by atoms with E-state index in [0.29, 0.717) is 6.04 Å². The van der Waals surface area contributed by atoms with Gasteiger partial charge in [0.05, 0.1) is 4.47 Å². The van der Waals surface area contributed by atoms with Crippen molar-refractivity contribution in [2.45, 2.75) is 25.0 Å². The predicted molar refractivity (Wildman–Crippen MR) is 83.8 cm³/mol. The highest BCUT2D eigenvalue weighted by Crippen LogP contribution is 2.28. The van der Waals surface area contributed by atoms with Crippen LogP contribution in [0.25, 0.3) is 0 Å². The minimum absolute atomic E-state index is 0.234. The molecule has 2 unspecified atom stereocenters. The molecule has 1 aliphatic heterocycles. The molecule has 20 heavy (non-hydrogen) atoms. The van der Waals surface area contributed by atoms with Crippen LogP contribution in [0.5, 0.6) is 5.75 Å². The van der Waals surface area contributed by atoms with Crippen molar-refractivity contribution in [3.63, 3.8) is 0 Å². The average molecular weight is 331 g/mol. The van der Waals surface area contributed by atoms with Crippen LogP contribution in [-0.4, -0.2) is 12.6 Å². The molecule has 1 N–H and O–H groups in total. The second-order valence-corrected chi connectivity index (χ2v) is 5.90. The standard InChI is InChI=1S/C17H17BrNO/c18-15-8-4-5-9-17(15)20-14-10-11-16(19-12-14)13-6-2-1-3-7-13/h1-2,4-9,14,16,19H,10-12H2. The Bertz CT molecular complexity index is 550. The maximum Gasteiger partial charge on any atom is 0.133 e. The van der Waals surface area contributed by atoms with Crippen molar-refractivity contribution in [2.24, 2.45) is 0 Å². The summed E-state index contributed by atoms with van der Waals surface area (Å²) in [6.07, 6.45) is 2.39. The highest BCUT2D eigenvalue weighted by Gasteiger charge is 2.23. The van der Waals surface area contributed by atoms with Crippen molar-refractivity contribution in [1.29, 1.82) is 0 Å². The van der Waals surface area contributed by atoms with Gasteiger partial charge in [-0.1, -0.05) is 30.3 Å². The molecule has 1 aliphatic rings. The van der Waals surface area contributed by atoms with E-state index in [1.165, 1.54) is 5.56 Å². The molecule has 103 valence electrons. The molecule has 2 aromatic carbocycles. The van der Waals surface area contributed by atoms with Gasteiger partial charge in [0.2, 0.25) is 0 Å². The molecule has 2 atom stereocenters. The Kier molecular flexibility index (Phi) is 4.38. The molecule has 3 rings (SSSR count). The van der Waals surface area contributed by atoms with Gasteiger partial charge in [0, 0.05) is 12.6 Å². The first-order valence-electron chi connectivity index (χ1n) is 6.93. The molecular formula is C17H17BrNO. The summed E-state index contributed by atoms with van der Waals surface area (Å²) in [7, 11) is 0. The number of hydrogen-bond donors (Lipinski definition) is 1. The number of benzene rings is 2. The molecule has 1 fully saturated rings. The van der Waals surface area contributed by atoms with E-state index >= 15 is 0 Å². The number of halogens is 1. The fourth-order valence-electron chi connectivity index (χ4n) is 2.56. The number of nitrogens with one attached hydrogen (secondary N) is 1. The quantitative estimate of drug-likeness (QED) is 0.913. The Morgan fingerprint density at radius 3 is 2.75 bits per heavy atom. The van der Waals surface area contributed by atoms with Gasteiger partial charge in [-0.15, -0.1) is 0 Å². The number of para-hydroxylation sites is 1. The zero-order valence-electron chi connectivity index (χ0n) is 11.2. The number of hydrogen-bond acceptors (Lipinski definition) is 2. The van der Waals surface area contributed by atoms with Crippen LogP contribution in [0.2, 0.25) is 0 Å². The van der Waals surface area contributed by atoms with E-state index in [-0.39, 0.29) is 6.10 Å². The highest BCUT2D eigenvalue weighted by molar-refractivity contribution is 9.10. The van der Waals surface area contributed by atoms with E-state index in [9.17, 15) is 0 Å². The summed E-state index contributed by atoms with van der Waals surface area (Å²) in [5, 5.41) is 3.56. The van der Waals surface area contributed by atoms with Crippen LogP contribution in [-0.2, 0) is 0 Å². The van der Waals surface area contributed by atoms with E-state index in [2.05, 4.69) is 39.4 Å². The monoisotopic (exact) mass is 330 g/mol. The van der Waals surface area contributed by atoms with Crippen LogP contribution in [0, 0.1) is 6.07 Å². The summed E-state index contributed by atoms with van der Waals surface area (Å²) in [5.74, 6) is 0.922. The van der Waals surface area contributed by atoms with Gasteiger partial charge in [0.15, 0.2) is 0 Å². The first-order valence-corrected chi connectivity index (χ1v) is 7.73. The summed E-state index contributed by atoms with van der Waals surface area (Å²) in [6.45, 7) is 0.876. The first-order chi connectivity index (χ1) is 9.83. The van der Waals surface area contributed by atoms with Crippen molar-refractivity contribution in [3.05, 3.63) is 64.6 Å². The van der Waals surface area contributed by atoms with Crippen LogP contribution >= 0.6 is 15.9 Å². The van der Waals surface area contributed by atoms with Crippen LogP contribution < -0.4 is 10.1 Å². The van der Waals surface area contributed by atoms with Crippen molar-refractivity contribution in [1.82, 2.24) is 5.32 Å². The lowest BCUT2D eigenvalue weighted by molar-refractivity contribution is 0.148. The number of ether oxygens (including phenoxy) is 1. The minimum Gasteiger partial charge on any atom is -0.488 e. The summed E-state index contributed by atoms with van der Waals surface area (Å²) in [6, 6.07) is 19.8. The van der Waals surface area contributed by atoms with E-state index in [0.717, 1.165) is 29.6 Å². The molecule has 0 amide bonds. The fraction of sp³-hybridized carbons (Fsp3) is 0.294. The summed E-state index contributed by atoms with van der Waals surface area (Å²) in [4.78, 5) is 0. The Labute approximate surface area is 128 Å². The SMILES string of the molecule is Brc1ccccc1OC1CCC(c2c[c]ccc2)NC1. The summed E-state index contributed by atoms with van der Waals surface area (Å²) >= 11 is 3.52. The maximum absolute atomic E-state index is 6.05. The average Bonchev–Trinajstić information content (AvgIpc) is 2.51. The molecule has 0 saturated carbocycles. The third-order valence-electron chi connectivity index (χ3n) is 3.63. The van der Waals surface area contributed by atoms with Gasteiger partial charge < -0.3 is 10.1 Å². The third-order valence-corrected chi connectivity index (χ3v) is 4.29. The molecule has 1 saturated heterocycles. The van der Waals surface area contributed by atoms with Crippen molar-refractivity contribution < 1.29 is 4.74 Å². The molecule has 2 nitrogen and oxygen atoms in total. The van der Waals surface area contributed by atoms with Crippen LogP contribution in [0.4, 0.5) is 0 Å². The van der Waals surface area contributed by atoms with E-state index in [4.69, 9.17) is 4.74 Å². The van der Waals surface area contributed by atoms with Crippen molar-refractivity contribution >= 4 is 15.9 Å². The van der Waals surface area contributed by atoms with Crippen LogP contribution in [0.3, 0.4) is 0 Å². The predicted octanol–water partition coefficient (Wildman–Crippen LogP) is 4.12. The van der Waals surface area contributed by atoms with E-state index in [1.54, 1.807) is 0 Å². The second kappa shape index (κ2) is 6.42. The van der Waals surface area contributed by atoms with Gasteiger partial charge >= 0.3 is 0 Å². The zero-order chi connectivity index (χ0) is 13.8. The lowest BCUT2D eigenvalue weighted by atomic mass is 9.96. The Morgan fingerprint density at radius 2 is 2.05 bits per heavy atom. The number of piperidine rings is 1. The second-order valence-electron chi connectivity index (χ2n) is 5.05. The van der Waals surface area contributed by atoms with Gasteiger partial charge in [-0.25, -0.2) is 0 Å². The van der Waals surface area contributed by atoms with Crippen molar-refractivity contribution in [3.8, 4) is 5.75 Å². The molecule has 0 aromatic heterocycles. The molecule has 0 aliphatic carbocycles. The largest absolute Gasteiger partial charge is 0.488 e. The Balaban J connectivity index is 1.58. The molecular weight excluding hydrogens is 314 g/mol. The lowest BCUT2D eigenvalue weighted by Gasteiger charge is -2.30. The van der Waals surface area contributed by atoms with Crippen molar-refractivity contribution in [2.75, 3.05) is 6.54 Å². The molecule has 2 aromatic rings. The highest BCUT2D eigenvalue weighted by atomic mass is 79.9. The van der Waals surface area contributed by atoms with Crippen LogP contribution in [0.1, 0.15) is 24.4 Å². The minimum atomic E-state index is 0.234. The molecule has 0 spiro atoms. The van der Waals surface area contributed by atoms with Crippen LogP contribution in [0.15, 0.2) is 53.0 Å². The normalized spacial score (nSPS) is 22.4. The number of rotatable bonds is 3. The maximum atomic E-state index is 6.05. The summed E-state index contributed by atoms with van der Waals surface area (Å²) in [5.41, 5.74) is 1.31. The molecule has 1 heterocycles. The smallest absolute Gasteiger partial charge is 0.133 e. The summed E-state index contributed by atoms with van der Waals surface area (Å²) < 4.78 is 7.07. The molecule has 1 radical (unpaired) electrons. The third kappa shape index (κ3) is 3.22. The van der Waals surface area contributed by atoms with E-state index in [1.807, 2.05) is 36.4 Å². The topological polar surface area (TPSA) is 21.3 Å². The first kappa shape index (κ1) is 13.7. The van der Waals surface area contributed by atoms with Gasteiger partial charge in [-0.2, -0.15) is 0 Å². The Hall–Kier alpha value is -1.32. The molecule has 0 bridgehead atoms. The van der Waals surface area contributed by atoms with Gasteiger partial charge in [0.1, 0.15) is 11.9 Å². The van der Waals surface area contributed by atoms with Gasteiger partial charge in [-0.05, 0) is 58.6 Å². The fourth-order valence-corrected chi connectivity index (χ4v) is 2.94. The van der Waals surface area contributed by atoms with Gasteiger partial charge in [0.25, 0.3) is 0 Å². The van der Waals surface area contributed by atoms with E-state index < -0.39 is 0 Å².